The molecule has 4 rings (SSSR count). The van der Waals surface area contributed by atoms with Crippen LogP contribution in [0.5, 0.6) is 11.6 Å². The van der Waals surface area contributed by atoms with E-state index in [1.807, 2.05) is 30.3 Å². The van der Waals surface area contributed by atoms with Crippen LogP contribution in [0.3, 0.4) is 0 Å². The fourth-order valence-corrected chi connectivity index (χ4v) is 3.45. The van der Waals surface area contributed by atoms with E-state index < -0.39 is 5.91 Å². The van der Waals surface area contributed by atoms with Gasteiger partial charge in [-0.2, -0.15) is 0 Å². The minimum absolute atomic E-state index is 0.265. The number of primary amides is 1. The van der Waals surface area contributed by atoms with Crippen molar-refractivity contribution in [2.45, 2.75) is 0 Å². The van der Waals surface area contributed by atoms with Crippen molar-refractivity contribution < 1.29 is 14.3 Å². The first-order valence-corrected chi connectivity index (χ1v) is 9.76. The highest BCUT2D eigenvalue weighted by atomic mass is 32.1. The quantitative estimate of drug-likeness (QED) is 0.486. The largest absolute Gasteiger partial charge is 0.439 e. The smallest absolute Gasteiger partial charge is 0.267 e. The van der Waals surface area contributed by atoms with Gasteiger partial charge >= 0.3 is 0 Å². The second-order valence-electron chi connectivity index (χ2n) is 6.23. The van der Waals surface area contributed by atoms with Gasteiger partial charge in [-0.1, -0.05) is 36.4 Å². The molecule has 2 aromatic carbocycles. The standard InChI is InChI=1S/C22H16N4O3S/c23-20(27)15-7-4-8-17(11-15)29-19-10-9-16(12-24-19)26-21(28)18-13-25-22(30-18)14-5-2-1-3-6-14/h1-13H,(H2,23,27)(H,26,28). The number of amides is 2. The number of aromatic nitrogens is 2. The number of pyridine rings is 1. The Labute approximate surface area is 176 Å². The topological polar surface area (TPSA) is 107 Å². The maximum Gasteiger partial charge on any atom is 0.267 e. The summed E-state index contributed by atoms with van der Waals surface area (Å²) in [6, 6.07) is 19.5. The van der Waals surface area contributed by atoms with Crippen molar-refractivity contribution in [3.8, 4) is 22.2 Å². The first kappa shape index (κ1) is 19.3. The summed E-state index contributed by atoms with van der Waals surface area (Å²) in [5.41, 5.74) is 7.10. The van der Waals surface area contributed by atoms with Crippen molar-refractivity contribution in [3.05, 3.63) is 89.6 Å². The molecule has 0 bridgehead atoms. The van der Waals surface area contributed by atoms with Gasteiger partial charge in [-0.25, -0.2) is 9.97 Å². The van der Waals surface area contributed by atoms with Gasteiger partial charge in [-0.05, 0) is 24.3 Å². The van der Waals surface area contributed by atoms with Gasteiger partial charge < -0.3 is 15.8 Å². The maximum atomic E-state index is 12.5. The van der Waals surface area contributed by atoms with E-state index in [-0.39, 0.29) is 5.91 Å². The Kier molecular flexibility index (Phi) is 5.49. The molecule has 8 heteroatoms. The Balaban J connectivity index is 1.41. The number of thiazole rings is 1. The summed E-state index contributed by atoms with van der Waals surface area (Å²) in [5.74, 6) is -0.0447. The van der Waals surface area contributed by atoms with Gasteiger partial charge in [0.1, 0.15) is 15.6 Å². The number of anilines is 1. The molecule has 0 aliphatic rings. The van der Waals surface area contributed by atoms with Crippen molar-refractivity contribution in [1.82, 2.24) is 9.97 Å². The van der Waals surface area contributed by atoms with Crippen LogP contribution in [0.4, 0.5) is 5.69 Å². The highest BCUT2D eigenvalue weighted by molar-refractivity contribution is 7.17. The van der Waals surface area contributed by atoms with Crippen molar-refractivity contribution in [2.75, 3.05) is 5.32 Å². The van der Waals surface area contributed by atoms with Crippen LogP contribution in [0.1, 0.15) is 20.0 Å². The van der Waals surface area contributed by atoms with E-state index in [1.54, 1.807) is 36.5 Å². The third-order valence-electron chi connectivity index (χ3n) is 4.09. The Morgan fingerprint density at radius 2 is 1.77 bits per heavy atom. The van der Waals surface area contributed by atoms with Gasteiger partial charge in [-0.15, -0.1) is 11.3 Å². The number of nitrogens with two attached hydrogens (primary N) is 1. The Morgan fingerprint density at radius 1 is 0.933 bits per heavy atom. The molecule has 0 saturated carbocycles. The number of nitrogens with zero attached hydrogens (tertiary/aromatic N) is 2. The number of hydrogen-bond donors (Lipinski definition) is 2. The van der Waals surface area contributed by atoms with Gasteiger partial charge in [0, 0.05) is 17.2 Å². The molecule has 2 heterocycles. The zero-order valence-corrected chi connectivity index (χ0v) is 16.4. The summed E-state index contributed by atoms with van der Waals surface area (Å²) in [4.78, 5) is 32.8. The zero-order chi connectivity index (χ0) is 20.9. The lowest BCUT2D eigenvalue weighted by Gasteiger charge is -2.07. The molecular formula is C22H16N4O3S. The van der Waals surface area contributed by atoms with Crippen LogP contribution in [-0.2, 0) is 0 Å². The van der Waals surface area contributed by atoms with Crippen LogP contribution < -0.4 is 15.8 Å². The van der Waals surface area contributed by atoms with E-state index in [9.17, 15) is 9.59 Å². The van der Waals surface area contributed by atoms with Crippen LogP contribution in [0.25, 0.3) is 10.6 Å². The van der Waals surface area contributed by atoms with Crippen LogP contribution in [0.2, 0.25) is 0 Å². The lowest BCUT2D eigenvalue weighted by molar-refractivity contribution is 0.0997. The first-order valence-electron chi connectivity index (χ1n) is 8.95. The van der Waals surface area contributed by atoms with Crippen LogP contribution >= 0.6 is 11.3 Å². The van der Waals surface area contributed by atoms with Crippen LogP contribution in [-0.4, -0.2) is 21.8 Å². The predicted octanol–water partition coefficient (Wildman–Crippen LogP) is 4.35. The van der Waals surface area contributed by atoms with Gasteiger partial charge in [0.2, 0.25) is 11.8 Å². The first-order chi connectivity index (χ1) is 14.6. The normalized spacial score (nSPS) is 10.4. The molecule has 0 unspecified atom stereocenters. The summed E-state index contributed by atoms with van der Waals surface area (Å²) in [7, 11) is 0. The highest BCUT2D eigenvalue weighted by Gasteiger charge is 2.12. The molecule has 3 N–H and O–H groups in total. The summed E-state index contributed by atoms with van der Waals surface area (Å²) >= 11 is 1.32. The Bertz CT molecular complexity index is 1190. The molecule has 0 aliphatic heterocycles. The minimum atomic E-state index is -0.537. The lowest BCUT2D eigenvalue weighted by Crippen LogP contribution is -2.10. The minimum Gasteiger partial charge on any atom is -0.439 e. The number of nitrogens with one attached hydrogen (secondary N) is 1. The molecule has 2 aromatic heterocycles. The summed E-state index contributed by atoms with van der Waals surface area (Å²) in [6.45, 7) is 0. The predicted molar refractivity (Wildman–Crippen MR) is 115 cm³/mol. The number of rotatable bonds is 6. The van der Waals surface area contributed by atoms with E-state index in [0.717, 1.165) is 10.6 Å². The lowest BCUT2D eigenvalue weighted by atomic mass is 10.2. The number of carbonyl (C=O) groups is 2. The van der Waals surface area contributed by atoms with E-state index in [4.69, 9.17) is 10.5 Å². The van der Waals surface area contributed by atoms with E-state index >= 15 is 0 Å². The van der Waals surface area contributed by atoms with Crippen LogP contribution in [0, 0.1) is 0 Å². The maximum absolute atomic E-state index is 12.5. The fourth-order valence-electron chi connectivity index (χ4n) is 2.63. The molecule has 30 heavy (non-hydrogen) atoms. The Morgan fingerprint density at radius 3 is 2.50 bits per heavy atom. The molecule has 148 valence electrons. The number of hydrogen-bond acceptors (Lipinski definition) is 6. The second kappa shape index (κ2) is 8.54. The summed E-state index contributed by atoms with van der Waals surface area (Å²) < 4.78 is 5.63. The molecule has 0 radical (unpaired) electrons. The molecule has 0 atom stereocenters. The molecule has 0 aliphatic carbocycles. The number of benzene rings is 2. The van der Waals surface area contributed by atoms with E-state index in [1.165, 1.54) is 23.6 Å². The van der Waals surface area contributed by atoms with Gasteiger partial charge in [-0.3, -0.25) is 9.59 Å². The van der Waals surface area contributed by atoms with Crippen molar-refractivity contribution >= 4 is 28.8 Å². The third kappa shape index (κ3) is 4.50. The SMILES string of the molecule is NC(=O)c1cccc(Oc2ccc(NC(=O)c3cnc(-c4ccccc4)s3)cn2)c1. The van der Waals surface area contributed by atoms with Crippen LogP contribution in [0.15, 0.2) is 79.1 Å². The fraction of sp³-hybridized carbons (Fsp3) is 0. The second-order valence-corrected chi connectivity index (χ2v) is 7.26. The molecule has 7 nitrogen and oxygen atoms in total. The highest BCUT2D eigenvalue weighted by Crippen LogP contribution is 2.26. The molecular weight excluding hydrogens is 400 g/mol. The molecule has 2 amide bonds. The molecule has 4 aromatic rings. The summed E-state index contributed by atoms with van der Waals surface area (Å²) in [6.07, 6.45) is 3.04. The van der Waals surface area contributed by atoms with Crippen molar-refractivity contribution in [1.29, 1.82) is 0 Å². The van der Waals surface area contributed by atoms with Gasteiger partial charge in [0.05, 0.1) is 18.1 Å². The monoisotopic (exact) mass is 416 g/mol. The molecule has 0 fully saturated rings. The average Bonchev–Trinajstić information content (AvgIpc) is 3.26. The molecule has 0 spiro atoms. The summed E-state index contributed by atoms with van der Waals surface area (Å²) in [5, 5.41) is 3.57. The van der Waals surface area contributed by atoms with Gasteiger partial charge in [0.15, 0.2) is 0 Å². The average molecular weight is 416 g/mol. The number of carbonyl (C=O) groups excluding carboxylic acids is 2. The third-order valence-corrected chi connectivity index (χ3v) is 5.13. The van der Waals surface area contributed by atoms with Crippen molar-refractivity contribution in [3.63, 3.8) is 0 Å². The zero-order valence-electron chi connectivity index (χ0n) is 15.6. The van der Waals surface area contributed by atoms with E-state index in [0.29, 0.717) is 27.8 Å². The van der Waals surface area contributed by atoms with Crippen molar-refractivity contribution in [2.24, 2.45) is 5.73 Å². The Hall–Kier alpha value is -4.04. The van der Waals surface area contributed by atoms with E-state index in [2.05, 4.69) is 15.3 Å². The molecule has 0 saturated heterocycles. The van der Waals surface area contributed by atoms with Gasteiger partial charge in [0.25, 0.3) is 5.91 Å². The number of ether oxygens (including phenoxy) is 1.